The van der Waals surface area contributed by atoms with E-state index in [2.05, 4.69) is 9.65 Å². The molecule has 0 N–H and O–H groups in total. The van der Waals surface area contributed by atoms with Crippen molar-refractivity contribution in [3.8, 4) is 0 Å². The van der Waals surface area contributed by atoms with Gasteiger partial charge in [-0.15, -0.1) is 0 Å². The van der Waals surface area contributed by atoms with Crippen LogP contribution in [0.4, 0.5) is 0 Å². The minimum Gasteiger partial charge on any atom is -0.391 e. The third-order valence-corrected chi connectivity index (χ3v) is 1.43. The molecule has 0 saturated heterocycles. The van der Waals surface area contributed by atoms with Crippen LogP contribution < -0.4 is 0 Å². The summed E-state index contributed by atoms with van der Waals surface area (Å²) in [6.07, 6.45) is 0. The fraction of sp³-hybridized carbons (Fsp3) is 0.500. The number of hydrogen-bond donors (Lipinski definition) is 0. The first-order valence-electron chi connectivity index (χ1n) is 2.61. The van der Waals surface area contributed by atoms with Crippen molar-refractivity contribution < 1.29 is 7.86 Å². The molecule has 2 nitrogen and oxygen atoms in total. The summed E-state index contributed by atoms with van der Waals surface area (Å²) in [6, 6.07) is 0. The quantitative estimate of drug-likeness (QED) is 0.545. The fourth-order valence-electron chi connectivity index (χ4n) is 0.285. The summed E-state index contributed by atoms with van der Waals surface area (Å²) in [5, 5.41) is 0. The van der Waals surface area contributed by atoms with E-state index < -0.39 is 0 Å². The highest BCUT2D eigenvalue weighted by molar-refractivity contribution is 14.1. The van der Waals surface area contributed by atoms with E-state index in [1.807, 2.05) is 13.8 Å². The van der Waals surface area contributed by atoms with Gasteiger partial charge in [-0.05, 0) is 5.92 Å². The first-order chi connectivity index (χ1) is 4.09. The van der Waals surface area contributed by atoms with Crippen LogP contribution in [0.2, 0.25) is 0 Å². The van der Waals surface area contributed by atoms with Crippen molar-refractivity contribution in [1.82, 2.24) is 0 Å². The van der Waals surface area contributed by atoms with Crippen LogP contribution >= 0.6 is 23.0 Å². The molecule has 0 radical (unpaired) electrons. The van der Waals surface area contributed by atoms with Gasteiger partial charge in [0.1, 0.15) is 0 Å². The Balaban J connectivity index is 3.89. The zero-order valence-corrected chi connectivity index (χ0v) is 7.64. The van der Waals surface area contributed by atoms with Gasteiger partial charge in [-0.25, -0.2) is 4.79 Å². The SMILES string of the molecule is C=C(C(=O)OI)C(C)C. The summed E-state index contributed by atoms with van der Waals surface area (Å²) < 4.78 is 4.40. The molecule has 0 heterocycles. The molecule has 0 aliphatic heterocycles. The van der Waals surface area contributed by atoms with Gasteiger partial charge in [-0.1, -0.05) is 20.4 Å². The lowest BCUT2D eigenvalue weighted by molar-refractivity contribution is -0.127. The zero-order valence-electron chi connectivity index (χ0n) is 5.48. The van der Waals surface area contributed by atoms with Crippen LogP contribution in [-0.4, -0.2) is 5.97 Å². The molecule has 0 fully saturated rings. The molecule has 0 unspecified atom stereocenters. The van der Waals surface area contributed by atoms with Crippen LogP contribution in [0, 0.1) is 5.92 Å². The molecule has 0 amide bonds. The van der Waals surface area contributed by atoms with E-state index in [1.165, 1.54) is 0 Å². The van der Waals surface area contributed by atoms with Crippen molar-refractivity contribution >= 4 is 29.0 Å². The summed E-state index contributed by atoms with van der Waals surface area (Å²) in [5.41, 5.74) is 0.518. The summed E-state index contributed by atoms with van der Waals surface area (Å²) in [4.78, 5) is 10.6. The third kappa shape index (κ3) is 2.84. The Morgan fingerprint density at radius 2 is 2.11 bits per heavy atom. The molecule has 3 heteroatoms. The van der Waals surface area contributed by atoms with Crippen LogP contribution in [0.25, 0.3) is 0 Å². The topological polar surface area (TPSA) is 26.3 Å². The van der Waals surface area contributed by atoms with Gasteiger partial charge in [-0.3, -0.25) is 0 Å². The summed E-state index contributed by atoms with van der Waals surface area (Å²) >= 11 is 1.55. The number of carbonyl (C=O) groups excluding carboxylic acids is 1. The molecule has 52 valence electrons. The maximum Gasteiger partial charge on any atom is 0.343 e. The van der Waals surface area contributed by atoms with E-state index >= 15 is 0 Å². The highest BCUT2D eigenvalue weighted by atomic mass is 127. The van der Waals surface area contributed by atoms with E-state index in [1.54, 1.807) is 23.0 Å². The second kappa shape index (κ2) is 3.87. The smallest absolute Gasteiger partial charge is 0.343 e. The van der Waals surface area contributed by atoms with Crippen LogP contribution in [0.5, 0.6) is 0 Å². The Morgan fingerprint density at radius 1 is 1.67 bits per heavy atom. The Morgan fingerprint density at radius 3 is 2.22 bits per heavy atom. The lowest BCUT2D eigenvalue weighted by Crippen LogP contribution is -2.05. The molecular formula is C6H9IO2. The number of halogens is 1. The zero-order chi connectivity index (χ0) is 7.44. The maximum atomic E-state index is 10.6. The molecule has 0 spiro atoms. The molecule has 0 aliphatic rings. The molecule has 0 aromatic carbocycles. The molecule has 0 atom stereocenters. The Bertz CT molecular complexity index is 129. The average molecular weight is 240 g/mol. The molecule has 0 rings (SSSR count). The van der Waals surface area contributed by atoms with Crippen LogP contribution in [-0.2, 0) is 7.86 Å². The van der Waals surface area contributed by atoms with Crippen LogP contribution in [0.3, 0.4) is 0 Å². The number of rotatable bonds is 2. The predicted octanol–water partition coefficient (Wildman–Crippen LogP) is 2.09. The summed E-state index contributed by atoms with van der Waals surface area (Å²) in [5.74, 6) is -0.155. The van der Waals surface area contributed by atoms with Gasteiger partial charge in [0.05, 0.1) is 0 Å². The van der Waals surface area contributed by atoms with Crippen molar-refractivity contribution in [2.75, 3.05) is 0 Å². The van der Waals surface area contributed by atoms with E-state index in [9.17, 15) is 4.79 Å². The van der Waals surface area contributed by atoms with E-state index in [4.69, 9.17) is 0 Å². The normalized spacial score (nSPS) is 9.33. The highest BCUT2D eigenvalue weighted by Gasteiger charge is 2.10. The lowest BCUT2D eigenvalue weighted by Gasteiger charge is -2.03. The van der Waals surface area contributed by atoms with Gasteiger partial charge in [0, 0.05) is 5.57 Å². The van der Waals surface area contributed by atoms with Gasteiger partial charge in [0.25, 0.3) is 0 Å². The standard InChI is InChI=1S/C6H9IO2/c1-4(2)5(3)6(8)9-7/h4H,3H2,1-2H3. The average Bonchev–Trinajstić information content (AvgIpc) is 1.84. The second-order valence-corrected chi connectivity index (χ2v) is 2.48. The summed E-state index contributed by atoms with van der Waals surface area (Å²) in [7, 11) is 0. The Kier molecular flexibility index (Phi) is 3.84. The fourth-order valence-corrected chi connectivity index (χ4v) is 0.568. The van der Waals surface area contributed by atoms with Gasteiger partial charge >= 0.3 is 5.97 Å². The first kappa shape index (κ1) is 8.94. The van der Waals surface area contributed by atoms with Gasteiger partial charge < -0.3 is 3.07 Å². The van der Waals surface area contributed by atoms with Crippen LogP contribution in [0.15, 0.2) is 12.2 Å². The Labute approximate surface area is 69.0 Å². The number of carbonyl (C=O) groups is 1. The van der Waals surface area contributed by atoms with Crippen LogP contribution in [0.1, 0.15) is 13.8 Å². The Hall–Kier alpha value is -0.0600. The minimum absolute atomic E-state index is 0.173. The van der Waals surface area contributed by atoms with Crippen molar-refractivity contribution in [3.63, 3.8) is 0 Å². The lowest BCUT2D eigenvalue weighted by atomic mass is 10.1. The van der Waals surface area contributed by atoms with E-state index in [-0.39, 0.29) is 11.9 Å². The minimum atomic E-state index is -0.328. The van der Waals surface area contributed by atoms with Crippen molar-refractivity contribution in [3.05, 3.63) is 12.2 Å². The molecule has 0 aliphatic carbocycles. The monoisotopic (exact) mass is 240 g/mol. The molecular weight excluding hydrogens is 231 g/mol. The largest absolute Gasteiger partial charge is 0.391 e. The van der Waals surface area contributed by atoms with Crippen molar-refractivity contribution in [2.45, 2.75) is 13.8 Å². The van der Waals surface area contributed by atoms with Gasteiger partial charge in [-0.2, -0.15) is 0 Å². The van der Waals surface area contributed by atoms with Crippen molar-refractivity contribution in [1.29, 1.82) is 0 Å². The molecule has 9 heavy (non-hydrogen) atoms. The highest BCUT2D eigenvalue weighted by Crippen LogP contribution is 2.09. The molecule has 0 aromatic heterocycles. The van der Waals surface area contributed by atoms with E-state index in [0.717, 1.165) is 0 Å². The number of hydrogen-bond acceptors (Lipinski definition) is 2. The molecule has 0 bridgehead atoms. The summed E-state index contributed by atoms with van der Waals surface area (Å²) in [6.45, 7) is 7.34. The predicted molar refractivity (Wildman–Crippen MR) is 44.1 cm³/mol. The first-order valence-corrected chi connectivity index (χ1v) is 3.49. The maximum absolute atomic E-state index is 10.6. The molecule has 0 aromatic rings. The van der Waals surface area contributed by atoms with E-state index in [0.29, 0.717) is 5.57 Å². The van der Waals surface area contributed by atoms with Crippen molar-refractivity contribution in [2.24, 2.45) is 5.92 Å². The second-order valence-electron chi connectivity index (χ2n) is 2.04. The van der Waals surface area contributed by atoms with Gasteiger partial charge in [0.2, 0.25) is 0 Å². The van der Waals surface area contributed by atoms with Gasteiger partial charge in [0.15, 0.2) is 23.0 Å². The molecule has 0 saturated carbocycles. The third-order valence-electron chi connectivity index (χ3n) is 1.03.